The van der Waals surface area contributed by atoms with Gasteiger partial charge in [0.05, 0.1) is 6.67 Å². The summed E-state index contributed by atoms with van der Waals surface area (Å²) in [6.07, 6.45) is 18.8. The van der Waals surface area contributed by atoms with E-state index >= 15 is 0 Å². The number of hydrogen-bond acceptors (Lipinski definition) is 2. The van der Waals surface area contributed by atoms with Crippen molar-refractivity contribution in [3.8, 4) is 12.3 Å². The molecule has 2 nitrogen and oxygen atoms in total. The van der Waals surface area contributed by atoms with Gasteiger partial charge in [-0.05, 0) is 74.1 Å². The van der Waals surface area contributed by atoms with Gasteiger partial charge < -0.3 is 4.90 Å². The van der Waals surface area contributed by atoms with Gasteiger partial charge in [0, 0.05) is 30.7 Å². The first-order valence-corrected chi connectivity index (χ1v) is 11.2. The van der Waals surface area contributed by atoms with Gasteiger partial charge in [-0.2, -0.15) is 0 Å². The molecule has 3 aliphatic carbocycles. The van der Waals surface area contributed by atoms with Gasteiger partial charge in [-0.25, -0.2) is 0 Å². The topological polar surface area (TPSA) is 15.3 Å². The summed E-state index contributed by atoms with van der Waals surface area (Å²) in [6, 6.07) is 9.90. The van der Waals surface area contributed by atoms with Crippen LogP contribution in [0.15, 0.2) is 60.2 Å². The Morgan fingerprint density at radius 1 is 1.27 bits per heavy atom. The molecule has 2 saturated carbocycles. The standard InChI is InChI=1S/C27H34N2.CH4.H2/c1-5-21(4)22-15-16-27(18-24(27)17-22)23-9-13-26(14-10-23)29(6-2)19-28-25-11-7-20(3)8-12-25;;/h1,9-10,13-17,20,24-25,28H,4,6-8,11-12,18-19H2,2-3H3;1H4;1H. The zero-order chi connectivity index (χ0) is 20.4. The lowest BCUT2D eigenvalue weighted by atomic mass is 9.87. The fourth-order valence-corrected chi connectivity index (χ4v) is 5.00. The Morgan fingerprint density at radius 2 is 1.97 bits per heavy atom. The van der Waals surface area contributed by atoms with Crippen molar-refractivity contribution in [3.63, 3.8) is 0 Å². The van der Waals surface area contributed by atoms with Crippen molar-refractivity contribution in [3.05, 3.63) is 65.8 Å². The maximum Gasteiger partial charge on any atom is 0.0684 e. The highest BCUT2D eigenvalue weighted by molar-refractivity contribution is 5.58. The fourth-order valence-electron chi connectivity index (χ4n) is 5.00. The number of benzene rings is 1. The first-order valence-electron chi connectivity index (χ1n) is 11.2. The van der Waals surface area contributed by atoms with Crippen LogP contribution in [-0.2, 0) is 5.41 Å². The number of rotatable bonds is 7. The van der Waals surface area contributed by atoms with Crippen LogP contribution in [0.5, 0.6) is 0 Å². The van der Waals surface area contributed by atoms with Crippen molar-refractivity contribution in [1.82, 2.24) is 5.32 Å². The minimum absolute atomic E-state index is 0. The summed E-state index contributed by atoms with van der Waals surface area (Å²) in [5.41, 5.74) is 4.79. The van der Waals surface area contributed by atoms with E-state index in [1.54, 1.807) is 0 Å². The van der Waals surface area contributed by atoms with Crippen LogP contribution in [0.1, 0.15) is 60.4 Å². The number of nitrogens with one attached hydrogen (secondary N) is 1. The highest BCUT2D eigenvalue weighted by atomic mass is 15.2. The highest BCUT2D eigenvalue weighted by Crippen LogP contribution is 2.59. The third-order valence-electron chi connectivity index (χ3n) is 7.26. The van der Waals surface area contributed by atoms with E-state index in [2.05, 4.69) is 79.1 Å². The molecule has 0 spiro atoms. The molecule has 2 unspecified atom stereocenters. The number of fused-ring (bicyclic) bond motifs is 1. The predicted octanol–water partition coefficient (Wildman–Crippen LogP) is 6.46. The Balaban J connectivity index is 0.00000171. The number of hydrogen-bond donors (Lipinski definition) is 1. The average Bonchev–Trinajstić information content (AvgIpc) is 3.50. The van der Waals surface area contributed by atoms with Gasteiger partial charge in [0.1, 0.15) is 0 Å². The molecule has 3 aliphatic rings. The van der Waals surface area contributed by atoms with Crippen molar-refractivity contribution < 1.29 is 1.43 Å². The minimum atomic E-state index is 0. The Bertz CT molecular complexity index is 852. The van der Waals surface area contributed by atoms with E-state index < -0.39 is 0 Å². The van der Waals surface area contributed by atoms with Crippen LogP contribution in [-0.4, -0.2) is 19.3 Å². The Morgan fingerprint density at radius 3 is 2.57 bits per heavy atom. The molecule has 2 fully saturated rings. The summed E-state index contributed by atoms with van der Waals surface area (Å²) in [6.45, 7) is 10.5. The summed E-state index contributed by atoms with van der Waals surface area (Å²) in [5, 5.41) is 3.79. The van der Waals surface area contributed by atoms with Crippen molar-refractivity contribution in [2.24, 2.45) is 11.8 Å². The third kappa shape index (κ3) is 4.42. The molecule has 0 heterocycles. The molecule has 0 amide bonds. The molecule has 4 rings (SSSR count). The summed E-state index contributed by atoms with van der Waals surface area (Å²) >= 11 is 0. The molecule has 1 N–H and O–H groups in total. The first-order chi connectivity index (χ1) is 14.1. The summed E-state index contributed by atoms with van der Waals surface area (Å²) in [7, 11) is 0. The minimum Gasteiger partial charge on any atom is -0.359 e. The molecule has 1 aromatic carbocycles. The molecular weight excluding hydrogens is 364 g/mol. The SMILES string of the molecule is C.C#CC(=C)C1=CC2CC2(c2ccc(N(CC)CNC3CCC(C)CC3)cc2)C=C1.[HH]. The molecule has 2 heteroatoms. The maximum atomic E-state index is 5.51. The van der Waals surface area contributed by atoms with Gasteiger partial charge in [0.15, 0.2) is 0 Å². The van der Waals surface area contributed by atoms with Gasteiger partial charge in [-0.1, -0.05) is 57.2 Å². The van der Waals surface area contributed by atoms with Gasteiger partial charge in [-0.3, -0.25) is 5.32 Å². The lowest BCUT2D eigenvalue weighted by Gasteiger charge is -2.31. The molecule has 0 radical (unpaired) electrons. The largest absolute Gasteiger partial charge is 0.359 e. The van der Waals surface area contributed by atoms with Crippen LogP contribution in [0, 0.1) is 24.2 Å². The number of nitrogens with zero attached hydrogens (tertiary/aromatic N) is 1. The molecule has 0 bridgehead atoms. The summed E-state index contributed by atoms with van der Waals surface area (Å²) < 4.78 is 0. The molecule has 2 atom stereocenters. The van der Waals surface area contributed by atoms with E-state index in [0.29, 0.717) is 12.0 Å². The Labute approximate surface area is 185 Å². The lowest BCUT2D eigenvalue weighted by Crippen LogP contribution is -2.41. The maximum absolute atomic E-state index is 5.51. The van der Waals surface area contributed by atoms with Crippen LogP contribution in [0.2, 0.25) is 0 Å². The average molecular weight is 405 g/mol. The van der Waals surface area contributed by atoms with Gasteiger partial charge in [0.2, 0.25) is 0 Å². The fraction of sp³-hybridized carbons (Fsp3) is 0.500. The number of anilines is 1. The van der Waals surface area contributed by atoms with E-state index in [-0.39, 0.29) is 14.3 Å². The highest BCUT2D eigenvalue weighted by Gasteiger charge is 2.53. The molecular formula is C28H40N2. The molecule has 162 valence electrons. The van der Waals surface area contributed by atoms with E-state index in [1.807, 2.05) is 0 Å². The summed E-state index contributed by atoms with van der Waals surface area (Å²) in [4.78, 5) is 2.44. The van der Waals surface area contributed by atoms with Crippen molar-refractivity contribution >= 4 is 5.69 Å². The second-order valence-corrected chi connectivity index (χ2v) is 9.15. The molecule has 0 aliphatic heterocycles. The van der Waals surface area contributed by atoms with Gasteiger partial charge >= 0.3 is 0 Å². The van der Waals surface area contributed by atoms with E-state index in [9.17, 15) is 0 Å². The van der Waals surface area contributed by atoms with E-state index in [1.165, 1.54) is 43.4 Å². The van der Waals surface area contributed by atoms with Gasteiger partial charge in [-0.15, -0.1) is 6.42 Å². The summed E-state index contributed by atoms with van der Waals surface area (Å²) in [5.74, 6) is 4.12. The second-order valence-electron chi connectivity index (χ2n) is 9.15. The first kappa shape index (κ1) is 22.4. The normalized spacial score (nSPS) is 29.1. The van der Waals surface area contributed by atoms with E-state index in [0.717, 1.165) is 30.3 Å². The predicted molar refractivity (Wildman–Crippen MR) is 133 cm³/mol. The number of allylic oxidation sites excluding steroid dienone is 5. The molecule has 30 heavy (non-hydrogen) atoms. The lowest BCUT2D eigenvalue weighted by molar-refractivity contribution is 0.308. The van der Waals surface area contributed by atoms with Crippen LogP contribution in [0.25, 0.3) is 0 Å². The second kappa shape index (κ2) is 9.27. The van der Waals surface area contributed by atoms with Crippen LogP contribution in [0.4, 0.5) is 5.69 Å². The van der Waals surface area contributed by atoms with Crippen LogP contribution >= 0.6 is 0 Å². The van der Waals surface area contributed by atoms with Crippen molar-refractivity contribution in [2.75, 3.05) is 18.1 Å². The number of terminal acetylenes is 1. The smallest absolute Gasteiger partial charge is 0.0684 e. The monoisotopic (exact) mass is 404 g/mol. The van der Waals surface area contributed by atoms with Crippen LogP contribution < -0.4 is 10.2 Å². The Hall–Kier alpha value is -2.24. The third-order valence-corrected chi connectivity index (χ3v) is 7.26. The zero-order valence-corrected chi connectivity index (χ0v) is 18.0. The van der Waals surface area contributed by atoms with Gasteiger partial charge in [0.25, 0.3) is 0 Å². The molecule has 1 aromatic rings. The zero-order valence-electron chi connectivity index (χ0n) is 18.0. The van der Waals surface area contributed by atoms with Crippen LogP contribution in [0.3, 0.4) is 0 Å². The van der Waals surface area contributed by atoms with Crippen molar-refractivity contribution in [2.45, 2.75) is 64.8 Å². The van der Waals surface area contributed by atoms with Crippen molar-refractivity contribution in [1.29, 1.82) is 0 Å². The quantitative estimate of drug-likeness (QED) is 0.414. The molecule has 0 aromatic heterocycles. The Kier molecular flexibility index (Phi) is 6.94. The van der Waals surface area contributed by atoms with E-state index in [4.69, 9.17) is 6.42 Å². The molecule has 0 saturated heterocycles.